The number of hydrazine groups is 1. The van der Waals surface area contributed by atoms with Crippen LogP contribution in [0.4, 0.5) is 5.69 Å². The standard InChI is InChI=1S/C6H5BrCl2N2/c7-4-1-3(8)2-5(9)6(4)11-10/h1-2,11H,10H2. The van der Waals surface area contributed by atoms with Gasteiger partial charge in [0.15, 0.2) is 0 Å². The molecule has 0 bridgehead atoms. The fourth-order valence-corrected chi connectivity index (χ4v) is 2.05. The SMILES string of the molecule is NNc1c(Cl)cc(Cl)cc1Br. The van der Waals surface area contributed by atoms with Gasteiger partial charge in [-0.3, -0.25) is 5.84 Å². The molecule has 0 heterocycles. The van der Waals surface area contributed by atoms with E-state index in [1.807, 2.05) is 0 Å². The normalized spacial score (nSPS) is 9.82. The number of hydrogen-bond acceptors (Lipinski definition) is 2. The van der Waals surface area contributed by atoms with Gasteiger partial charge in [-0.25, -0.2) is 0 Å². The molecule has 60 valence electrons. The van der Waals surface area contributed by atoms with Crippen molar-refractivity contribution in [2.24, 2.45) is 5.84 Å². The summed E-state index contributed by atoms with van der Waals surface area (Å²) in [5, 5.41) is 1.06. The second kappa shape index (κ2) is 3.63. The van der Waals surface area contributed by atoms with Gasteiger partial charge in [0.25, 0.3) is 0 Å². The number of anilines is 1. The summed E-state index contributed by atoms with van der Waals surface area (Å²) in [5.74, 6) is 5.19. The fourth-order valence-electron chi connectivity index (χ4n) is 0.680. The van der Waals surface area contributed by atoms with Crippen molar-refractivity contribution in [3.05, 3.63) is 26.7 Å². The second-order valence-corrected chi connectivity index (χ2v) is 3.59. The molecule has 0 aromatic heterocycles. The fraction of sp³-hybridized carbons (Fsp3) is 0. The van der Waals surface area contributed by atoms with Crippen LogP contribution in [0.15, 0.2) is 16.6 Å². The largest absolute Gasteiger partial charge is 0.322 e. The van der Waals surface area contributed by atoms with E-state index in [4.69, 9.17) is 29.0 Å². The van der Waals surface area contributed by atoms with Gasteiger partial charge in [0.05, 0.1) is 10.7 Å². The molecule has 5 heteroatoms. The van der Waals surface area contributed by atoms with Crippen LogP contribution in [0, 0.1) is 0 Å². The van der Waals surface area contributed by atoms with Crippen LogP contribution < -0.4 is 11.3 Å². The molecule has 0 fully saturated rings. The molecule has 11 heavy (non-hydrogen) atoms. The highest BCUT2D eigenvalue weighted by atomic mass is 79.9. The van der Waals surface area contributed by atoms with Gasteiger partial charge in [0, 0.05) is 9.50 Å². The van der Waals surface area contributed by atoms with Crippen LogP contribution in [-0.2, 0) is 0 Å². The molecule has 0 unspecified atom stereocenters. The molecular formula is C6H5BrCl2N2. The first-order valence-electron chi connectivity index (χ1n) is 2.76. The molecule has 0 aliphatic carbocycles. The maximum Gasteiger partial charge on any atom is 0.0817 e. The van der Waals surface area contributed by atoms with E-state index in [1.165, 1.54) is 0 Å². The van der Waals surface area contributed by atoms with Crippen LogP contribution in [0.2, 0.25) is 10.0 Å². The van der Waals surface area contributed by atoms with Gasteiger partial charge in [-0.1, -0.05) is 23.2 Å². The minimum Gasteiger partial charge on any atom is -0.322 e. The molecule has 0 radical (unpaired) electrons. The summed E-state index contributed by atoms with van der Waals surface area (Å²) < 4.78 is 0.748. The highest BCUT2D eigenvalue weighted by Gasteiger charge is 2.04. The predicted octanol–water partition coefficient (Wildman–Crippen LogP) is 3.04. The Hall–Kier alpha value is 0.0400. The zero-order valence-corrected chi connectivity index (χ0v) is 8.46. The highest BCUT2D eigenvalue weighted by molar-refractivity contribution is 9.10. The van der Waals surface area contributed by atoms with Gasteiger partial charge in [-0.15, -0.1) is 0 Å². The average Bonchev–Trinajstić information content (AvgIpc) is 1.85. The zero-order chi connectivity index (χ0) is 8.43. The summed E-state index contributed by atoms with van der Waals surface area (Å²) >= 11 is 14.7. The zero-order valence-electron chi connectivity index (χ0n) is 5.37. The van der Waals surface area contributed by atoms with Crippen molar-refractivity contribution in [1.82, 2.24) is 0 Å². The van der Waals surface area contributed by atoms with Gasteiger partial charge in [-0.05, 0) is 28.1 Å². The van der Waals surface area contributed by atoms with Crippen molar-refractivity contribution < 1.29 is 0 Å². The first-order valence-corrected chi connectivity index (χ1v) is 4.31. The third-order valence-electron chi connectivity index (χ3n) is 1.15. The average molecular weight is 256 g/mol. The minimum absolute atomic E-state index is 0.492. The van der Waals surface area contributed by atoms with Crippen LogP contribution in [0.3, 0.4) is 0 Å². The van der Waals surface area contributed by atoms with Crippen molar-refractivity contribution in [2.45, 2.75) is 0 Å². The van der Waals surface area contributed by atoms with Crippen molar-refractivity contribution >= 4 is 44.8 Å². The van der Waals surface area contributed by atoms with Gasteiger partial charge in [-0.2, -0.15) is 0 Å². The van der Waals surface area contributed by atoms with E-state index < -0.39 is 0 Å². The van der Waals surface area contributed by atoms with Crippen LogP contribution >= 0.6 is 39.1 Å². The summed E-state index contributed by atoms with van der Waals surface area (Å²) in [6.07, 6.45) is 0. The second-order valence-electron chi connectivity index (χ2n) is 1.89. The molecule has 0 spiro atoms. The Bertz CT molecular complexity index is 254. The van der Waals surface area contributed by atoms with Crippen molar-refractivity contribution in [3.8, 4) is 0 Å². The van der Waals surface area contributed by atoms with Gasteiger partial charge >= 0.3 is 0 Å². The van der Waals surface area contributed by atoms with Crippen LogP contribution in [-0.4, -0.2) is 0 Å². The summed E-state index contributed by atoms with van der Waals surface area (Å²) in [6, 6.07) is 3.33. The lowest BCUT2D eigenvalue weighted by Crippen LogP contribution is -2.07. The Kier molecular flexibility index (Phi) is 3.01. The summed E-state index contributed by atoms with van der Waals surface area (Å²) in [6.45, 7) is 0. The first-order chi connectivity index (χ1) is 5.15. The number of nitrogens with one attached hydrogen (secondary N) is 1. The maximum absolute atomic E-state index is 5.78. The lowest BCUT2D eigenvalue weighted by atomic mass is 10.3. The van der Waals surface area contributed by atoms with Crippen molar-refractivity contribution in [2.75, 3.05) is 5.43 Å². The Morgan fingerprint density at radius 2 is 2.00 bits per heavy atom. The van der Waals surface area contributed by atoms with E-state index in [-0.39, 0.29) is 0 Å². The Balaban J connectivity index is 3.25. The number of rotatable bonds is 1. The molecule has 1 aromatic carbocycles. The molecule has 1 rings (SSSR count). The van der Waals surface area contributed by atoms with Crippen LogP contribution in [0.5, 0.6) is 0 Å². The molecule has 0 saturated heterocycles. The van der Waals surface area contributed by atoms with E-state index in [0.717, 1.165) is 4.47 Å². The Morgan fingerprint density at radius 3 is 2.45 bits per heavy atom. The van der Waals surface area contributed by atoms with E-state index in [0.29, 0.717) is 15.7 Å². The quantitative estimate of drug-likeness (QED) is 0.598. The number of halogens is 3. The number of benzene rings is 1. The van der Waals surface area contributed by atoms with E-state index >= 15 is 0 Å². The molecule has 2 nitrogen and oxygen atoms in total. The van der Waals surface area contributed by atoms with Crippen LogP contribution in [0.25, 0.3) is 0 Å². The summed E-state index contributed by atoms with van der Waals surface area (Å²) in [4.78, 5) is 0. The molecule has 0 atom stereocenters. The van der Waals surface area contributed by atoms with E-state index in [9.17, 15) is 0 Å². The molecular weight excluding hydrogens is 251 g/mol. The Morgan fingerprint density at radius 1 is 1.36 bits per heavy atom. The number of hydrogen-bond donors (Lipinski definition) is 2. The first kappa shape index (κ1) is 9.13. The molecule has 3 N–H and O–H groups in total. The van der Waals surface area contributed by atoms with Gasteiger partial charge in [0.2, 0.25) is 0 Å². The third-order valence-corrected chi connectivity index (χ3v) is 2.29. The monoisotopic (exact) mass is 254 g/mol. The number of nitrogen functional groups attached to an aromatic ring is 1. The van der Waals surface area contributed by atoms with Crippen LogP contribution in [0.1, 0.15) is 0 Å². The molecule has 0 aliphatic heterocycles. The lowest BCUT2D eigenvalue weighted by Gasteiger charge is -2.05. The van der Waals surface area contributed by atoms with E-state index in [2.05, 4.69) is 21.4 Å². The third kappa shape index (κ3) is 1.99. The number of nitrogens with two attached hydrogens (primary N) is 1. The van der Waals surface area contributed by atoms with E-state index in [1.54, 1.807) is 12.1 Å². The Labute approximate surface area is 82.8 Å². The highest BCUT2D eigenvalue weighted by Crippen LogP contribution is 2.32. The molecule has 0 amide bonds. The maximum atomic E-state index is 5.78. The van der Waals surface area contributed by atoms with Crippen molar-refractivity contribution in [1.29, 1.82) is 0 Å². The molecule has 1 aromatic rings. The summed E-state index contributed by atoms with van der Waals surface area (Å²) in [7, 11) is 0. The molecule has 0 aliphatic rings. The van der Waals surface area contributed by atoms with Crippen molar-refractivity contribution in [3.63, 3.8) is 0 Å². The predicted molar refractivity (Wildman–Crippen MR) is 52.0 cm³/mol. The summed E-state index contributed by atoms with van der Waals surface area (Å²) in [5.41, 5.74) is 3.09. The minimum atomic E-state index is 0.492. The van der Waals surface area contributed by atoms with Gasteiger partial charge < -0.3 is 5.43 Å². The molecule has 0 saturated carbocycles. The lowest BCUT2D eigenvalue weighted by molar-refractivity contribution is 1.34. The smallest absolute Gasteiger partial charge is 0.0817 e. The van der Waals surface area contributed by atoms with Gasteiger partial charge in [0.1, 0.15) is 0 Å². The topological polar surface area (TPSA) is 38.0 Å².